The van der Waals surface area contributed by atoms with E-state index in [2.05, 4.69) is 16.2 Å². The smallest absolute Gasteiger partial charge is 0.306 e. The Kier molecular flexibility index (Phi) is 10.6. The molecule has 26 heavy (non-hydrogen) atoms. The van der Waals surface area contributed by atoms with Gasteiger partial charge in [0.1, 0.15) is 0 Å². The number of hydrogen-bond donors (Lipinski definition) is 3. The van der Waals surface area contributed by atoms with Crippen LogP contribution in [0, 0.1) is 0 Å². The molecule has 2 amide bonds. The van der Waals surface area contributed by atoms with Gasteiger partial charge in [-0.05, 0) is 37.0 Å². The summed E-state index contributed by atoms with van der Waals surface area (Å²) < 4.78 is 5.10. The number of carbonyl (C=O) groups excluding carboxylic acids is 3. The van der Waals surface area contributed by atoms with Gasteiger partial charge in [-0.25, -0.2) is 0 Å². The minimum absolute atomic E-state index is 0.0179. The zero-order valence-electron chi connectivity index (χ0n) is 14.9. The van der Waals surface area contributed by atoms with Gasteiger partial charge in [-0.15, -0.1) is 0 Å². The predicted octanol–water partition coefficient (Wildman–Crippen LogP) is 1.76. The fourth-order valence-electron chi connectivity index (χ4n) is 2.03. The van der Waals surface area contributed by atoms with Crippen molar-refractivity contribution in [3.05, 3.63) is 35.9 Å². The molecule has 3 N–H and O–H groups in total. The second-order valence-corrected chi connectivity index (χ2v) is 6.02. The largest absolute Gasteiger partial charge is 0.466 e. The Morgan fingerprint density at radius 2 is 1.73 bits per heavy atom. The summed E-state index contributed by atoms with van der Waals surface area (Å²) >= 11 is 4.87. The molecule has 0 aliphatic carbocycles. The Morgan fingerprint density at radius 1 is 1.00 bits per heavy atom. The van der Waals surface area contributed by atoms with E-state index in [1.807, 2.05) is 37.3 Å². The van der Waals surface area contributed by atoms with E-state index in [0.717, 1.165) is 12.8 Å². The first-order chi connectivity index (χ1) is 12.5. The summed E-state index contributed by atoms with van der Waals surface area (Å²) in [4.78, 5) is 34.6. The zero-order chi connectivity index (χ0) is 19.2. The van der Waals surface area contributed by atoms with Crippen molar-refractivity contribution in [2.24, 2.45) is 0 Å². The predicted molar refractivity (Wildman–Crippen MR) is 102 cm³/mol. The number of carbonyl (C=O) groups is 3. The van der Waals surface area contributed by atoms with Gasteiger partial charge in [0.05, 0.1) is 13.0 Å². The molecule has 0 unspecified atom stereocenters. The molecule has 7 nitrogen and oxygen atoms in total. The second-order valence-electron chi connectivity index (χ2n) is 5.61. The summed E-state index contributed by atoms with van der Waals surface area (Å²) in [5.41, 5.74) is 5.98. The summed E-state index contributed by atoms with van der Waals surface area (Å²) in [7, 11) is 0. The number of benzene rings is 1. The number of esters is 1. The van der Waals surface area contributed by atoms with Gasteiger partial charge in [0.25, 0.3) is 0 Å². The molecular weight excluding hydrogens is 354 g/mol. The maximum Gasteiger partial charge on any atom is 0.306 e. The van der Waals surface area contributed by atoms with E-state index in [1.165, 1.54) is 5.56 Å². The Labute approximate surface area is 158 Å². The number of thiocarbonyl (C=S) groups is 1. The van der Waals surface area contributed by atoms with Crippen LogP contribution in [0.25, 0.3) is 0 Å². The third-order valence-corrected chi connectivity index (χ3v) is 3.52. The summed E-state index contributed by atoms with van der Waals surface area (Å²) in [6.07, 6.45) is 2.57. The van der Waals surface area contributed by atoms with Gasteiger partial charge >= 0.3 is 5.97 Å². The fourth-order valence-corrected chi connectivity index (χ4v) is 2.20. The van der Waals surface area contributed by atoms with Gasteiger partial charge in [0, 0.05) is 12.8 Å². The minimum atomic E-state index is -0.427. The summed E-state index contributed by atoms with van der Waals surface area (Å²) in [6.45, 7) is 2.19. The van der Waals surface area contributed by atoms with Gasteiger partial charge in [0.15, 0.2) is 5.11 Å². The van der Waals surface area contributed by atoms with Crippen molar-refractivity contribution in [3.63, 3.8) is 0 Å². The van der Waals surface area contributed by atoms with Crippen LogP contribution in [0.2, 0.25) is 0 Å². The second kappa shape index (κ2) is 12.8. The molecule has 0 bridgehead atoms. The summed E-state index contributed by atoms with van der Waals surface area (Å²) in [5.74, 6) is -1.07. The van der Waals surface area contributed by atoms with Crippen LogP contribution < -0.4 is 16.2 Å². The van der Waals surface area contributed by atoms with Crippen molar-refractivity contribution in [1.29, 1.82) is 0 Å². The summed E-state index contributed by atoms with van der Waals surface area (Å²) in [5, 5.41) is 2.36. The molecule has 0 heterocycles. The minimum Gasteiger partial charge on any atom is -0.466 e. The van der Waals surface area contributed by atoms with Crippen LogP contribution in [0.4, 0.5) is 0 Å². The van der Waals surface area contributed by atoms with Crippen molar-refractivity contribution < 1.29 is 19.1 Å². The Bertz CT molecular complexity index is 608. The average Bonchev–Trinajstić information content (AvgIpc) is 2.63. The molecule has 0 atom stereocenters. The molecule has 0 saturated carbocycles. The van der Waals surface area contributed by atoms with E-state index in [-0.39, 0.29) is 23.9 Å². The monoisotopic (exact) mass is 379 g/mol. The molecule has 0 aromatic heterocycles. The highest BCUT2D eigenvalue weighted by molar-refractivity contribution is 7.80. The molecule has 0 saturated heterocycles. The van der Waals surface area contributed by atoms with E-state index < -0.39 is 11.9 Å². The Hall–Kier alpha value is -2.48. The molecule has 1 rings (SSSR count). The number of amides is 2. The molecule has 0 aliphatic heterocycles. The van der Waals surface area contributed by atoms with Gasteiger partial charge in [-0.1, -0.05) is 37.3 Å². The average molecular weight is 379 g/mol. The van der Waals surface area contributed by atoms with Crippen molar-refractivity contribution in [3.8, 4) is 0 Å². The third kappa shape index (κ3) is 10.4. The number of hydrogen-bond acceptors (Lipinski definition) is 5. The third-order valence-electron chi connectivity index (χ3n) is 3.32. The van der Waals surface area contributed by atoms with Crippen LogP contribution in [0.1, 0.15) is 44.6 Å². The number of nitrogens with one attached hydrogen (secondary N) is 3. The Balaban J connectivity index is 2.09. The van der Waals surface area contributed by atoms with Gasteiger partial charge < -0.3 is 10.1 Å². The first kappa shape index (κ1) is 21.6. The molecule has 1 aromatic rings. The first-order valence-corrected chi connectivity index (χ1v) is 9.00. The van der Waals surface area contributed by atoms with Crippen LogP contribution in [0.5, 0.6) is 0 Å². The van der Waals surface area contributed by atoms with Crippen LogP contribution >= 0.6 is 12.2 Å². The molecule has 0 aliphatic rings. The van der Waals surface area contributed by atoms with E-state index in [9.17, 15) is 14.4 Å². The lowest BCUT2D eigenvalue weighted by Crippen LogP contribution is -2.48. The van der Waals surface area contributed by atoms with E-state index in [0.29, 0.717) is 19.4 Å². The Morgan fingerprint density at radius 3 is 2.42 bits per heavy atom. The molecule has 1 aromatic carbocycles. The van der Waals surface area contributed by atoms with E-state index in [1.54, 1.807) is 0 Å². The normalized spacial score (nSPS) is 9.88. The quantitative estimate of drug-likeness (QED) is 0.262. The topological polar surface area (TPSA) is 96.5 Å². The lowest BCUT2D eigenvalue weighted by Gasteiger charge is -2.10. The molecule has 142 valence electrons. The van der Waals surface area contributed by atoms with Crippen LogP contribution in [-0.2, 0) is 25.5 Å². The molecule has 0 radical (unpaired) electrons. The van der Waals surface area contributed by atoms with Crippen LogP contribution in [-0.4, -0.2) is 29.5 Å². The summed E-state index contributed by atoms with van der Waals surface area (Å²) in [6, 6.07) is 9.93. The van der Waals surface area contributed by atoms with Gasteiger partial charge in [0.2, 0.25) is 11.8 Å². The van der Waals surface area contributed by atoms with Gasteiger partial charge in [-0.2, -0.15) is 0 Å². The maximum atomic E-state index is 11.7. The SMILES string of the molecule is CCCC(=O)NNC(=S)NC(=O)CCC(=O)OCCCc1ccccc1. The van der Waals surface area contributed by atoms with Crippen molar-refractivity contribution in [2.75, 3.05) is 6.61 Å². The number of aryl methyl sites for hydroxylation is 1. The highest BCUT2D eigenvalue weighted by Gasteiger charge is 2.10. The fraction of sp³-hybridized carbons (Fsp3) is 0.444. The van der Waals surface area contributed by atoms with Crippen LogP contribution in [0.3, 0.4) is 0 Å². The maximum absolute atomic E-state index is 11.7. The lowest BCUT2D eigenvalue weighted by molar-refractivity contribution is -0.145. The number of ether oxygens (including phenoxy) is 1. The zero-order valence-corrected chi connectivity index (χ0v) is 15.7. The molecule has 0 spiro atoms. The standard InChI is InChI=1S/C18H25N3O4S/c1-2-7-16(23)20-21-18(26)19-15(22)11-12-17(24)25-13-6-10-14-8-4-3-5-9-14/h3-5,8-9H,2,6-7,10-13H2,1H3,(H,20,23)(H2,19,21,22,26). The van der Waals surface area contributed by atoms with Crippen molar-refractivity contribution in [1.82, 2.24) is 16.2 Å². The first-order valence-electron chi connectivity index (χ1n) is 8.59. The van der Waals surface area contributed by atoms with Crippen LogP contribution in [0.15, 0.2) is 30.3 Å². The highest BCUT2D eigenvalue weighted by atomic mass is 32.1. The molecule has 8 heteroatoms. The molecular formula is C18H25N3O4S. The molecule has 0 fully saturated rings. The highest BCUT2D eigenvalue weighted by Crippen LogP contribution is 2.03. The number of hydrazine groups is 1. The lowest BCUT2D eigenvalue weighted by atomic mass is 10.1. The number of rotatable bonds is 9. The van der Waals surface area contributed by atoms with Gasteiger partial charge in [-0.3, -0.25) is 25.2 Å². The van der Waals surface area contributed by atoms with E-state index >= 15 is 0 Å². The van der Waals surface area contributed by atoms with Crippen molar-refractivity contribution >= 4 is 35.1 Å². The van der Waals surface area contributed by atoms with E-state index in [4.69, 9.17) is 17.0 Å². The van der Waals surface area contributed by atoms with Crippen molar-refractivity contribution in [2.45, 2.75) is 45.4 Å².